The van der Waals surface area contributed by atoms with E-state index >= 15 is 0 Å². The monoisotopic (exact) mass is 336 g/mol. The summed E-state index contributed by atoms with van der Waals surface area (Å²) >= 11 is 1.49. The molecule has 3 nitrogen and oxygen atoms in total. The third kappa shape index (κ3) is 4.15. The standard InChI is InChI=1S/C20H20N2OS/c1-14-8-9-17-11-15(2)20(22-18(17)10-14)24-13-19(23)21-12-16-6-4-3-5-7-16/h3-11H,12-13H2,1-2H3,(H,21,23). The minimum atomic E-state index is 0.0226. The van der Waals surface area contributed by atoms with Gasteiger partial charge >= 0.3 is 0 Å². The van der Waals surface area contributed by atoms with Gasteiger partial charge in [-0.3, -0.25) is 4.79 Å². The van der Waals surface area contributed by atoms with E-state index in [4.69, 9.17) is 4.98 Å². The number of nitrogens with one attached hydrogen (secondary N) is 1. The van der Waals surface area contributed by atoms with E-state index in [1.807, 2.05) is 37.3 Å². The molecular weight excluding hydrogens is 316 g/mol. The Morgan fingerprint density at radius 1 is 1.08 bits per heavy atom. The average molecular weight is 336 g/mol. The number of hydrogen-bond acceptors (Lipinski definition) is 3. The molecule has 0 saturated carbocycles. The fraction of sp³-hybridized carbons (Fsp3) is 0.200. The summed E-state index contributed by atoms with van der Waals surface area (Å²) < 4.78 is 0. The zero-order valence-electron chi connectivity index (χ0n) is 13.9. The summed E-state index contributed by atoms with van der Waals surface area (Å²) in [7, 11) is 0. The van der Waals surface area contributed by atoms with Crippen molar-refractivity contribution in [2.24, 2.45) is 0 Å². The largest absolute Gasteiger partial charge is 0.351 e. The minimum Gasteiger partial charge on any atom is -0.351 e. The number of carbonyl (C=O) groups is 1. The van der Waals surface area contributed by atoms with Gasteiger partial charge in [0.2, 0.25) is 5.91 Å². The van der Waals surface area contributed by atoms with E-state index < -0.39 is 0 Å². The van der Waals surface area contributed by atoms with E-state index in [0.717, 1.165) is 27.1 Å². The van der Waals surface area contributed by atoms with Crippen molar-refractivity contribution in [3.05, 3.63) is 71.3 Å². The lowest BCUT2D eigenvalue weighted by molar-refractivity contribution is -0.118. The molecule has 0 aliphatic rings. The molecular formula is C20H20N2OS. The predicted molar refractivity (Wildman–Crippen MR) is 100 cm³/mol. The van der Waals surface area contributed by atoms with E-state index in [2.05, 4.69) is 36.5 Å². The van der Waals surface area contributed by atoms with E-state index in [1.54, 1.807) is 0 Å². The number of aromatic nitrogens is 1. The van der Waals surface area contributed by atoms with Crippen molar-refractivity contribution in [1.82, 2.24) is 10.3 Å². The summed E-state index contributed by atoms with van der Waals surface area (Å²) in [6.07, 6.45) is 0. The highest BCUT2D eigenvalue weighted by Gasteiger charge is 2.08. The summed E-state index contributed by atoms with van der Waals surface area (Å²) in [6, 6.07) is 18.3. The van der Waals surface area contributed by atoms with E-state index in [0.29, 0.717) is 12.3 Å². The van der Waals surface area contributed by atoms with Gasteiger partial charge in [-0.25, -0.2) is 4.98 Å². The third-order valence-electron chi connectivity index (χ3n) is 3.79. The maximum atomic E-state index is 12.1. The Morgan fingerprint density at radius 2 is 1.88 bits per heavy atom. The molecule has 24 heavy (non-hydrogen) atoms. The Morgan fingerprint density at radius 3 is 2.67 bits per heavy atom. The summed E-state index contributed by atoms with van der Waals surface area (Å²) in [5.74, 6) is 0.396. The first-order valence-corrected chi connectivity index (χ1v) is 8.92. The van der Waals surface area contributed by atoms with E-state index in [9.17, 15) is 4.79 Å². The van der Waals surface area contributed by atoms with Crippen LogP contribution >= 0.6 is 11.8 Å². The van der Waals surface area contributed by atoms with Gasteiger partial charge in [0, 0.05) is 11.9 Å². The molecule has 1 amide bonds. The summed E-state index contributed by atoms with van der Waals surface area (Å²) in [5.41, 5.74) is 4.38. The van der Waals surface area contributed by atoms with Crippen LogP contribution in [0.3, 0.4) is 0 Å². The van der Waals surface area contributed by atoms with Crippen LogP contribution < -0.4 is 5.32 Å². The second-order valence-corrected chi connectivity index (χ2v) is 6.82. The first-order valence-electron chi connectivity index (χ1n) is 7.93. The van der Waals surface area contributed by atoms with Crippen LogP contribution in [0.25, 0.3) is 10.9 Å². The van der Waals surface area contributed by atoms with Gasteiger partial charge in [-0.15, -0.1) is 0 Å². The Bertz CT molecular complexity index is 862. The molecule has 122 valence electrons. The van der Waals surface area contributed by atoms with Crippen LogP contribution in [0, 0.1) is 13.8 Å². The summed E-state index contributed by atoms with van der Waals surface area (Å²) in [5, 5.41) is 5.00. The van der Waals surface area contributed by atoms with Gasteiger partial charge in [0.15, 0.2) is 0 Å². The molecule has 2 aromatic carbocycles. The number of carbonyl (C=O) groups excluding carboxylic acids is 1. The molecule has 0 radical (unpaired) electrons. The fourth-order valence-electron chi connectivity index (χ4n) is 2.49. The van der Waals surface area contributed by atoms with Crippen LogP contribution in [0.5, 0.6) is 0 Å². The van der Waals surface area contributed by atoms with Crippen LogP contribution in [-0.2, 0) is 11.3 Å². The van der Waals surface area contributed by atoms with Crippen molar-refractivity contribution in [1.29, 1.82) is 0 Å². The van der Waals surface area contributed by atoms with Crippen molar-refractivity contribution in [2.75, 3.05) is 5.75 Å². The van der Waals surface area contributed by atoms with E-state index in [1.165, 1.54) is 17.3 Å². The van der Waals surface area contributed by atoms with E-state index in [-0.39, 0.29) is 5.91 Å². The molecule has 0 fully saturated rings. The van der Waals surface area contributed by atoms with Gasteiger partial charge in [-0.05, 0) is 42.7 Å². The summed E-state index contributed by atoms with van der Waals surface area (Å²) in [4.78, 5) is 16.8. The minimum absolute atomic E-state index is 0.0226. The second kappa shape index (κ2) is 7.49. The highest BCUT2D eigenvalue weighted by molar-refractivity contribution is 7.99. The Kier molecular flexibility index (Phi) is 5.16. The zero-order valence-corrected chi connectivity index (χ0v) is 14.7. The van der Waals surface area contributed by atoms with Crippen LogP contribution in [-0.4, -0.2) is 16.6 Å². The van der Waals surface area contributed by atoms with Gasteiger partial charge in [-0.2, -0.15) is 0 Å². The molecule has 3 rings (SSSR count). The number of fused-ring (bicyclic) bond motifs is 1. The Labute approximate surface area is 146 Å². The Hall–Kier alpha value is -2.33. The molecule has 1 N–H and O–H groups in total. The number of amides is 1. The van der Waals surface area contributed by atoms with Crippen LogP contribution in [0.4, 0.5) is 0 Å². The second-order valence-electron chi connectivity index (χ2n) is 5.86. The maximum Gasteiger partial charge on any atom is 0.230 e. The average Bonchev–Trinajstić information content (AvgIpc) is 2.59. The molecule has 0 unspecified atom stereocenters. The van der Waals surface area contributed by atoms with Crippen molar-refractivity contribution < 1.29 is 4.79 Å². The lowest BCUT2D eigenvalue weighted by Crippen LogP contribution is -2.24. The number of rotatable bonds is 5. The predicted octanol–water partition coefficient (Wildman–Crippen LogP) is 4.26. The smallest absolute Gasteiger partial charge is 0.230 e. The number of benzene rings is 2. The quantitative estimate of drug-likeness (QED) is 0.708. The highest BCUT2D eigenvalue weighted by Crippen LogP contribution is 2.24. The molecule has 4 heteroatoms. The molecule has 1 heterocycles. The zero-order chi connectivity index (χ0) is 16.9. The van der Waals surface area contributed by atoms with Gasteiger partial charge < -0.3 is 5.32 Å². The number of aryl methyl sites for hydroxylation is 2. The number of nitrogens with zero attached hydrogens (tertiary/aromatic N) is 1. The summed E-state index contributed by atoms with van der Waals surface area (Å²) in [6.45, 7) is 4.66. The number of hydrogen-bond donors (Lipinski definition) is 1. The highest BCUT2D eigenvalue weighted by atomic mass is 32.2. The van der Waals surface area contributed by atoms with Gasteiger partial charge in [-0.1, -0.05) is 54.2 Å². The Balaban J connectivity index is 1.62. The van der Waals surface area contributed by atoms with Gasteiger partial charge in [0.1, 0.15) is 5.03 Å². The number of thioether (sulfide) groups is 1. The van der Waals surface area contributed by atoms with Crippen molar-refractivity contribution in [3.63, 3.8) is 0 Å². The van der Waals surface area contributed by atoms with Crippen LogP contribution in [0.15, 0.2) is 59.6 Å². The topological polar surface area (TPSA) is 42.0 Å². The SMILES string of the molecule is Cc1ccc2cc(C)c(SCC(=O)NCc3ccccc3)nc2c1. The molecule has 3 aromatic rings. The first-order chi connectivity index (χ1) is 11.6. The van der Waals surface area contributed by atoms with Crippen LogP contribution in [0.1, 0.15) is 16.7 Å². The first kappa shape index (κ1) is 16.5. The maximum absolute atomic E-state index is 12.1. The van der Waals surface area contributed by atoms with Gasteiger partial charge in [0.25, 0.3) is 0 Å². The molecule has 0 atom stereocenters. The number of pyridine rings is 1. The molecule has 0 bridgehead atoms. The van der Waals surface area contributed by atoms with Crippen molar-refractivity contribution >= 4 is 28.6 Å². The third-order valence-corrected chi connectivity index (χ3v) is 4.88. The van der Waals surface area contributed by atoms with Crippen molar-refractivity contribution in [3.8, 4) is 0 Å². The lowest BCUT2D eigenvalue weighted by atomic mass is 10.1. The van der Waals surface area contributed by atoms with Gasteiger partial charge in [0.05, 0.1) is 11.3 Å². The van der Waals surface area contributed by atoms with Crippen molar-refractivity contribution in [2.45, 2.75) is 25.4 Å². The fourth-order valence-corrected chi connectivity index (χ4v) is 3.31. The molecule has 0 aliphatic heterocycles. The molecule has 1 aromatic heterocycles. The molecule has 0 saturated heterocycles. The normalized spacial score (nSPS) is 10.8. The van der Waals surface area contributed by atoms with Crippen LogP contribution in [0.2, 0.25) is 0 Å². The molecule has 0 aliphatic carbocycles. The molecule has 0 spiro atoms. The lowest BCUT2D eigenvalue weighted by Gasteiger charge is -2.08.